The lowest BCUT2D eigenvalue weighted by Gasteiger charge is -2.11. The van der Waals surface area contributed by atoms with E-state index in [1.54, 1.807) is 12.2 Å². The van der Waals surface area contributed by atoms with Gasteiger partial charge in [-0.2, -0.15) is 5.26 Å². The number of hydrogen-bond donors (Lipinski definition) is 1. The zero-order valence-corrected chi connectivity index (χ0v) is 13.0. The van der Waals surface area contributed by atoms with Gasteiger partial charge in [0.15, 0.2) is 0 Å². The number of benzene rings is 2. The number of ether oxygens (including phenoxy) is 1. The summed E-state index contributed by atoms with van der Waals surface area (Å²) in [7, 11) is 0. The van der Waals surface area contributed by atoms with Crippen LogP contribution in [0.5, 0.6) is 5.75 Å². The lowest BCUT2D eigenvalue weighted by molar-refractivity contribution is -0.116. The third kappa shape index (κ3) is 3.78. The fourth-order valence-corrected chi connectivity index (χ4v) is 2.26. The van der Waals surface area contributed by atoms with Gasteiger partial charge in [-0.05, 0) is 29.8 Å². The van der Waals surface area contributed by atoms with E-state index in [4.69, 9.17) is 4.74 Å². The Morgan fingerprint density at radius 3 is 2.83 bits per heavy atom. The molecule has 0 heterocycles. The van der Waals surface area contributed by atoms with Crippen molar-refractivity contribution in [3.05, 3.63) is 60.2 Å². The van der Waals surface area contributed by atoms with Gasteiger partial charge in [0.05, 0.1) is 6.61 Å². The number of carbonyl (C=O) groups is 1. The highest BCUT2D eigenvalue weighted by molar-refractivity contribution is 6.05. The zero-order chi connectivity index (χ0) is 16.7. The Hall–Kier alpha value is -3.06. The predicted molar refractivity (Wildman–Crippen MR) is 91.9 cm³/mol. The molecule has 2 aromatic rings. The highest BCUT2D eigenvalue weighted by Gasteiger charge is 2.12. The minimum absolute atomic E-state index is 0.0316. The highest BCUT2D eigenvalue weighted by atomic mass is 16.5. The van der Waals surface area contributed by atoms with Crippen LogP contribution >= 0.6 is 0 Å². The van der Waals surface area contributed by atoms with Crippen LogP contribution in [-0.4, -0.2) is 19.1 Å². The van der Waals surface area contributed by atoms with Gasteiger partial charge >= 0.3 is 0 Å². The molecule has 4 nitrogen and oxygen atoms in total. The van der Waals surface area contributed by atoms with E-state index in [-0.39, 0.29) is 5.57 Å². The van der Waals surface area contributed by atoms with Crippen LogP contribution in [0.4, 0.5) is 0 Å². The molecule has 2 aromatic carbocycles. The summed E-state index contributed by atoms with van der Waals surface area (Å²) in [5, 5.41) is 13.9. The van der Waals surface area contributed by atoms with E-state index < -0.39 is 5.91 Å². The summed E-state index contributed by atoms with van der Waals surface area (Å²) in [6.07, 6.45) is 3.14. The van der Waals surface area contributed by atoms with Crippen molar-refractivity contribution in [2.75, 3.05) is 13.2 Å². The number of nitrogens with zero attached hydrogens (tertiary/aromatic N) is 1. The summed E-state index contributed by atoms with van der Waals surface area (Å²) in [6.45, 7) is 6.25. The first kappa shape index (κ1) is 16.3. The van der Waals surface area contributed by atoms with E-state index in [0.717, 1.165) is 16.3 Å². The second kappa shape index (κ2) is 7.81. The first-order valence-electron chi connectivity index (χ1n) is 7.36. The molecule has 0 unspecified atom stereocenters. The molecule has 0 atom stereocenters. The van der Waals surface area contributed by atoms with Crippen molar-refractivity contribution < 1.29 is 9.53 Å². The van der Waals surface area contributed by atoms with Gasteiger partial charge in [0.2, 0.25) is 0 Å². The van der Waals surface area contributed by atoms with Gasteiger partial charge in [-0.3, -0.25) is 4.79 Å². The second-order valence-corrected chi connectivity index (χ2v) is 4.80. The molecule has 23 heavy (non-hydrogen) atoms. The molecule has 0 saturated heterocycles. The first-order valence-corrected chi connectivity index (χ1v) is 7.36. The van der Waals surface area contributed by atoms with E-state index in [9.17, 15) is 10.1 Å². The summed E-state index contributed by atoms with van der Waals surface area (Å²) in [5.74, 6) is 0.221. The topological polar surface area (TPSA) is 62.1 Å². The number of fused-ring (bicyclic) bond motifs is 1. The molecule has 116 valence electrons. The molecule has 1 amide bonds. The van der Waals surface area contributed by atoms with Crippen LogP contribution in [0.15, 0.2) is 54.6 Å². The molecule has 2 rings (SSSR count). The van der Waals surface area contributed by atoms with Gasteiger partial charge in [0.1, 0.15) is 17.4 Å². The maximum Gasteiger partial charge on any atom is 0.262 e. The number of nitriles is 1. The normalized spacial score (nSPS) is 10.9. The zero-order valence-electron chi connectivity index (χ0n) is 13.0. The Kier molecular flexibility index (Phi) is 5.54. The smallest absolute Gasteiger partial charge is 0.262 e. The van der Waals surface area contributed by atoms with E-state index in [0.29, 0.717) is 18.9 Å². The molecule has 1 N–H and O–H groups in total. The summed E-state index contributed by atoms with van der Waals surface area (Å²) in [5.41, 5.74) is 0.763. The number of amides is 1. The summed E-state index contributed by atoms with van der Waals surface area (Å²) in [4.78, 5) is 12.1. The van der Waals surface area contributed by atoms with Gasteiger partial charge in [0, 0.05) is 12.1 Å². The number of nitrogens with one attached hydrogen (secondary N) is 1. The van der Waals surface area contributed by atoms with E-state index in [2.05, 4.69) is 11.9 Å². The fourth-order valence-electron chi connectivity index (χ4n) is 2.26. The SMILES string of the molecule is C=CCNC(=O)/C(C#N)=C\c1c(OCC)ccc2ccccc12. The summed E-state index contributed by atoms with van der Waals surface area (Å²) >= 11 is 0. The van der Waals surface area contributed by atoms with Crippen molar-refractivity contribution in [1.82, 2.24) is 5.32 Å². The molecule has 0 aromatic heterocycles. The van der Waals surface area contributed by atoms with Crippen LogP contribution < -0.4 is 10.1 Å². The van der Waals surface area contributed by atoms with Crippen LogP contribution in [0.3, 0.4) is 0 Å². The Bertz CT molecular complexity index is 801. The molecule has 0 saturated carbocycles. The Labute approximate surface area is 135 Å². The number of carbonyl (C=O) groups excluding carboxylic acids is 1. The van der Waals surface area contributed by atoms with Gasteiger partial charge in [-0.15, -0.1) is 6.58 Å². The minimum atomic E-state index is -0.428. The Morgan fingerprint density at radius 1 is 1.35 bits per heavy atom. The maximum absolute atomic E-state index is 12.1. The molecule has 0 aliphatic heterocycles. The minimum Gasteiger partial charge on any atom is -0.493 e. The Morgan fingerprint density at radius 2 is 2.13 bits per heavy atom. The second-order valence-electron chi connectivity index (χ2n) is 4.80. The number of rotatable bonds is 6. The van der Waals surface area contributed by atoms with Crippen LogP contribution in [0.2, 0.25) is 0 Å². The first-order chi connectivity index (χ1) is 11.2. The number of hydrogen-bond acceptors (Lipinski definition) is 3. The van der Waals surface area contributed by atoms with Crippen LogP contribution in [0, 0.1) is 11.3 Å². The average Bonchev–Trinajstić information content (AvgIpc) is 2.58. The summed E-state index contributed by atoms with van der Waals surface area (Å²) < 4.78 is 5.65. The van der Waals surface area contributed by atoms with Crippen LogP contribution in [0.1, 0.15) is 12.5 Å². The lowest BCUT2D eigenvalue weighted by atomic mass is 10.0. The summed E-state index contributed by atoms with van der Waals surface area (Å²) in [6, 6.07) is 13.5. The van der Waals surface area contributed by atoms with Crippen molar-refractivity contribution >= 4 is 22.8 Å². The quantitative estimate of drug-likeness (QED) is 0.505. The maximum atomic E-state index is 12.1. The molecule has 4 heteroatoms. The van der Waals surface area contributed by atoms with E-state index in [1.807, 2.05) is 49.4 Å². The van der Waals surface area contributed by atoms with Crippen molar-refractivity contribution in [2.24, 2.45) is 0 Å². The van der Waals surface area contributed by atoms with Crippen molar-refractivity contribution in [3.8, 4) is 11.8 Å². The average molecular weight is 306 g/mol. The molecule has 0 aliphatic carbocycles. The van der Waals surface area contributed by atoms with Crippen molar-refractivity contribution in [2.45, 2.75) is 6.92 Å². The molecule has 0 spiro atoms. The van der Waals surface area contributed by atoms with Gasteiger partial charge in [0.25, 0.3) is 5.91 Å². The van der Waals surface area contributed by atoms with Crippen LogP contribution in [-0.2, 0) is 4.79 Å². The monoisotopic (exact) mass is 306 g/mol. The van der Waals surface area contributed by atoms with Gasteiger partial charge in [-0.1, -0.05) is 36.4 Å². The van der Waals surface area contributed by atoms with E-state index in [1.165, 1.54) is 0 Å². The Balaban J connectivity index is 2.57. The highest BCUT2D eigenvalue weighted by Crippen LogP contribution is 2.30. The molecule has 0 fully saturated rings. The largest absolute Gasteiger partial charge is 0.493 e. The molecule has 0 radical (unpaired) electrons. The molecular weight excluding hydrogens is 288 g/mol. The molecule has 0 bridgehead atoms. The predicted octanol–water partition coefficient (Wildman–Crippen LogP) is 3.45. The standard InChI is InChI=1S/C19H18N2O2/c1-3-11-21-19(22)15(13-20)12-17-16-8-6-5-7-14(16)9-10-18(17)23-4-2/h3,5-10,12H,1,4,11H2,2H3,(H,21,22)/b15-12-. The van der Waals surface area contributed by atoms with Crippen molar-refractivity contribution in [1.29, 1.82) is 5.26 Å². The van der Waals surface area contributed by atoms with Crippen LogP contribution in [0.25, 0.3) is 16.8 Å². The van der Waals surface area contributed by atoms with Crippen molar-refractivity contribution in [3.63, 3.8) is 0 Å². The fraction of sp³-hybridized carbons (Fsp3) is 0.158. The molecular formula is C19H18N2O2. The van der Waals surface area contributed by atoms with Gasteiger partial charge in [-0.25, -0.2) is 0 Å². The van der Waals surface area contributed by atoms with Gasteiger partial charge < -0.3 is 10.1 Å². The third-order valence-electron chi connectivity index (χ3n) is 3.29. The lowest BCUT2D eigenvalue weighted by Crippen LogP contribution is -2.24. The molecule has 0 aliphatic rings. The third-order valence-corrected chi connectivity index (χ3v) is 3.29. The van der Waals surface area contributed by atoms with E-state index >= 15 is 0 Å².